The van der Waals surface area contributed by atoms with E-state index in [1.54, 1.807) is 0 Å². The number of esters is 1. The molecular weight excluding hydrogens is 420 g/mol. The Hall–Kier alpha value is -2.29. The summed E-state index contributed by atoms with van der Waals surface area (Å²) in [4.78, 5) is 12.7. The highest BCUT2D eigenvalue weighted by Crippen LogP contribution is 2.25. The van der Waals surface area contributed by atoms with Crippen molar-refractivity contribution in [1.29, 1.82) is 0 Å². The van der Waals surface area contributed by atoms with Crippen LogP contribution >= 0.6 is 0 Å². The van der Waals surface area contributed by atoms with Gasteiger partial charge in [0.2, 0.25) is 0 Å². The second-order valence-corrected chi connectivity index (χ2v) is 9.35. The van der Waals surface area contributed by atoms with E-state index in [9.17, 15) is 4.79 Å². The predicted octanol–water partition coefficient (Wildman–Crippen LogP) is 9.25. The van der Waals surface area contributed by atoms with E-state index in [0.717, 1.165) is 43.6 Å². The third kappa shape index (κ3) is 10.8. The van der Waals surface area contributed by atoms with Crippen LogP contribution in [0.25, 0.3) is 0 Å². The lowest BCUT2D eigenvalue weighted by Crippen LogP contribution is -2.11. The Bertz CT molecular complexity index is 779. The van der Waals surface area contributed by atoms with Gasteiger partial charge in [0.25, 0.3) is 0 Å². The summed E-state index contributed by atoms with van der Waals surface area (Å²) >= 11 is 0. The standard InChI is InChI=1S/C31H46O3/c1-4-7-9-10-11-12-13-14-15-16-26-17-19-28(20-18-26)31(32)34-30(6-3)27-21-23-29(24-22-27)33-25-8-5-2/h17-24,30H,4-16,25H2,1-3H3. The maximum Gasteiger partial charge on any atom is 0.338 e. The van der Waals surface area contributed by atoms with Crippen LogP contribution in [0.4, 0.5) is 0 Å². The number of ether oxygens (including phenoxy) is 2. The number of unbranched alkanes of at least 4 members (excludes halogenated alkanes) is 9. The molecule has 0 aliphatic rings. The first-order valence-electron chi connectivity index (χ1n) is 13.7. The van der Waals surface area contributed by atoms with Crippen molar-refractivity contribution in [3.63, 3.8) is 0 Å². The zero-order valence-corrected chi connectivity index (χ0v) is 21.8. The Morgan fingerprint density at radius 1 is 0.706 bits per heavy atom. The molecule has 0 heterocycles. The highest BCUT2D eigenvalue weighted by molar-refractivity contribution is 5.89. The second-order valence-electron chi connectivity index (χ2n) is 9.35. The van der Waals surface area contributed by atoms with E-state index < -0.39 is 0 Å². The first-order chi connectivity index (χ1) is 16.7. The van der Waals surface area contributed by atoms with Gasteiger partial charge in [0.05, 0.1) is 12.2 Å². The van der Waals surface area contributed by atoms with Crippen LogP contribution in [0, 0.1) is 0 Å². The first kappa shape index (κ1) is 28.0. The lowest BCUT2D eigenvalue weighted by Gasteiger charge is -2.17. The van der Waals surface area contributed by atoms with E-state index in [1.165, 1.54) is 63.4 Å². The van der Waals surface area contributed by atoms with Crippen molar-refractivity contribution >= 4 is 5.97 Å². The van der Waals surface area contributed by atoms with Crippen molar-refractivity contribution < 1.29 is 14.3 Å². The van der Waals surface area contributed by atoms with Crippen LogP contribution in [0.1, 0.15) is 125 Å². The molecule has 3 heteroatoms. The summed E-state index contributed by atoms with van der Waals surface area (Å²) in [6.45, 7) is 7.19. The van der Waals surface area contributed by atoms with E-state index >= 15 is 0 Å². The van der Waals surface area contributed by atoms with Gasteiger partial charge in [0.1, 0.15) is 11.9 Å². The van der Waals surface area contributed by atoms with Gasteiger partial charge < -0.3 is 9.47 Å². The summed E-state index contributed by atoms with van der Waals surface area (Å²) in [7, 11) is 0. The van der Waals surface area contributed by atoms with Gasteiger partial charge in [-0.25, -0.2) is 4.79 Å². The van der Waals surface area contributed by atoms with Crippen LogP contribution in [0.2, 0.25) is 0 Å². The van der Waals surface area contributed by atoms with Crippen molar-refractivity contribution in [3.05, 3.63) is 65.2 Å². The molecule has 3 nitrogen and oxygen atoms in total. The lowest BCUT2D eigenvalue weighted by molar-refractivity contribution is 0.0288. The monoisotopic (exact) mass is 466 g/mol. The first-order valence-corrected chi connectivity index (χ1v) is 13.7. The molecule has 188 valence electrons. The van der Waals surface area contributed by atoms with E-state index in [0.29, 0.717) is 5.56 Å². The Balaban J connectivity index is 1.73. The molecule has 0 saturated heterocycles. The fourth-order valence-corrected chi connectivity index (χ4v) is 4.14. The topological polar surface area (TPSA) is 35.5 Å². The Kier molecular flexibility index (Phi) is 14.1. The molecule has 34 heavy (non-hydrogen) atoms. The molecule has 0 saturated carbocycles. The number of aryl methyl sites for hydroxylation is 1. The van der Waals surface area contributed by atoms with Crippen LogP contribution in [-0.4, -0.2) is 12.6 Å². The smallest absolute Gasteiger partial charge is 0.338 e. The van der Waals surface area contributed by atoms with Crippen LogP contribution in [0.3, 0.4) is 0 Å². The van der Waals surface area contributed by atoms with Crippen LogP contribution in [-0.2, 0) is 11.2 Å². The van der Waals surface area contributed by atoms with Crippen molar-refractivity contribution in [2.45, 2.75) is 110 Å². The van der Waals surface area contributed by atoms with Crippen LogP contribution in [0.15, 0.2) is 48.5 Å². The van der Waals surface area contributed by atoms with Gasteiger partial charge in [-0.2, -0.15) is 0 Å². The maximum atomic E-state index is 12.7. The van der Waals surface area contributed by atoms with Crippen molar-refractivity contribution in [2.24, 2.45) is 0 Å². The number of carbonyl (C=O) groups excluding carboxylic acids is 1. The molecule has 0 aliphatic heterocycles. The number of carbonyl (C=O) groups is 1. The number of hydrogen-bond donors (Lipinski definition) is 0. The van der Waals surface area contributed by atoms with E-state index in [1.807, 2.05) is 43.3 Å². The van der Waals surface area contributed by atoms with Gasteiger partial charge >= 0.3 is 5.97 Å². The molecule has 2 aromatic rings. The molecular formula is C31H46O3. The molecule has 2 rings (SSSR count). The van der Waals surface area contributed by atoms with Gasteiger partial charge in [0.15, 0.2) is 0 Å². The summed E-state index contributed by atoms with van der Waals surface area (Å²) in [5, 5.41) is 0. The summed E-state index contributed by atoms with van der Waals surface area (Å²) in [5.74, 6) is 0.602. The largest absolute Gasteiger partial charge is 0.494 e. The number of hydrogen-bond acceptors (Lipinski definition) is 3. The van der Waals surface area contributed by atoms with Crippen molar-refractivity contribution in [2.75, 3.05) is 6.61 Å². The molecule has 0 N–H and O–H groups in total. The highest BCUT2D eigenvalue weighted by Gasteiger charge is 2.16. The third-order valence-electron chi connectivity index (χ3n) is 6.40. The fourth-order valence-electron chi connectivity index (χ4n) is 4.14. The summed E-state index contributed by atoms with van der Waals surface area (Å²) < 4.78 is 11.6. The van der Waals surface area contributed by atoms with Gasteiger partial charge in [-0.1, -0.05) is 103 Å². The van der Waals surface area contributed by atoms with Gasteiger partial charge in [-0.05, 0) is 61.1 Å². The van der Waals surface area contributed by atoms with Gasteiger partial charge in [-0.15, -0.1) is 0 Å². The van der Waals surface area contributed by atoms with Crippen LogP contribution < -0.4 is 4.74 Å². The second kappa shape index (κ2) is 17.2. The van der Waals surface area contributed by atoms with E-state index in [-0.39, 0.29) is 12.1 Å². The maximum absolute atomic E-state index is 12.7. The van der Waals surface area contributed by atoms with E-state index in [2.05, 4.69) is 26.0 Å². The Labute approximate surface area is 208 Å². The SMILES string of the molecule is CCCCCCCCCCCc1ccc(C(=O)OC(CC)c2ccc(OCCCC)cc2)cc1. The number of benzene rings is 2. The molecule has 1 atom stereocenters. The quantitative estimate of drug-likeness (QED) is 0.162. The normalized spacial score (nSPS) is 11.9. The molecule has 0 aliphatic carbocycles. The van der Waals surface area contributed by atoms with Crippen molar-refractivity contribution in [3.8, 4) is 5.75 Å². The molecule has 0 spiro atoms. The average Bonchev–Trinajstić information content (AvgIpc) is 2.87. The zero-order valence-electron chi connectivity index (χ0n) is 21.8. The average molecular weight is 467 g/mol. The minimum absolute atomic E-state index is 0.251. The third-order valence-corrected chi connectivity index (χ3v) is 6.40. The molecule has 0 radical (unpaired) electrons. The molecule has 0 bridgehead atoms. The molecule has 1 unspecified atom stereocenters. The van der Waals surface area contributed by atoms with Crippen molar-refractivity contribution in [1.82, 2.24) is 0 Å². The minimum Gasteiger partial charge on any atom is -0.494 e. The zero-order chi connectivity index (χ0) is 24.4. The fraction of sp³-hybridized carbons (Fsp3) is 0.581. The summed E-state index contributed by atoms with van der Waals surface area (Å²) in [6.07, 6.45) is 15.8. The van der Waals surface area contributed by atoms with E-state index in [4.69, 9.17) is 9.47 Å². The molecule has 0 amide bonds. The molecule has 2 aromatic carbocycles. The lowest BCUT2D eigenvalue weighted by atomic mass is 10.0. The summed E-state index contributed by atoms with van der Waals surface area (Å²) in [6, 6.07) is 15.9. The van der Waals surface area contributed by atoms with Crippen LogP contribution in [0.5, 0.6) is 5.75 Å². The summed E-state index contributed by atoms with van der Waals surface area (Å²) in [5.41, 5.74) is 2.92. The Morgan fingerprint density at radius 3 is 1.88 bits per heavy atom. The Morgan fingerprint density at radius 2 is 1.29 bits per heavy atom. The predicted molar refractivity (Wildman–Crippen MR) is 143 cm³/mol. The molecule has 0 fully saturated rings. The number of rotatable bonds is 18. The van der Waals surface area contributed by atoms with Gasteiger partial charge in [-0.3, -0.25) is 0 Å². The van der Waals surface area contributed by atoms with Gasteiger partial charge in [0, 0.05) is 0 Å². The highest BCUT2D eigenvalue weighted by atomic mass is 16.5. The molecule has 0 aromatic heterocycles. The minimum atomic E-state index is -0.259.